The predicted molar refractivity (Wildman–Crippen MR) is 40.8 cm³/mol. The van der Waals surface area contributed by atoms with Crippen LogP contribution < -0.4 is 5.73 Å². The molecule has 11 heavy (non-hydrogen) atoms. The lowest BCUT2D eigenvalue weighted by Gasteiger charge is -1.89. The average molecular weight is 149 g/mol. The molecule has 0 radical (unpaired) electrons. The smallest absolute Gasteiger partial charge is 0.176 e. The normalized spacial score (nSPS) is 10.6. The minimum absolute atomic E-state index is 0.399. The number of nitrogens with two attached hydrogens (primary N) is 1. The van der Waals surface area contributed by atoms with Gasteiger partial charge in [-0.1, -0.05) is 0 Å². The fraction of sp³-hybridized carbons (Fsp3) is 0.167. The molecule has 2 heterocycles. The van der Waals surface area contributed by atoms with Gasteiger partial charge < -0.3 is 5.73 Å². The third-order valence-corrected chi connectivity index (χ3v) is 1.42. The van der Waals surface area contributed by atoms with Crippen molar-refractivity contribution >= 4 is 17.0 Å². The molecule has 0 saturated carbocycles. The average Bonchev–Trinajstić information content (AvgIpc) is 2.33. The van der Waals surface area contributed by atoms with Crippen LogP contribution >= 0.6 is 0 Å². The third kappa shape index (κ3) is 0.813. The molecule has 3 N–H and O–H groups in total. The zero-order valence-electron chi connectivity index (χ0n) is 6.00. The molecule has 2 aromatic rings. The lowest BCUT2D eigenvalue weighted by Crippen LogP contribution is -1.88. The Hall–Kier alpha value is -1.65. The summed E-state index contributed by atoms with van der Waals surface area (Å²) in [7, 11) is 0. The van der Waals surface area contributed by atoms with E-state index in [0.717, 1.165) is 5.69 Å². The lowest BCUT2D eigenvalue weighted by molar-refractivity contribution is 1.10. The number of nitrogens with one attached hydrogen (secondary N) is 1. The Balaban J connectivity index is 2.87. The Kier molecular flexibility index (Phi) is 1.06. The third-order valence-electron chi connectivity index (χ3n) is 1.42. The molecule has 0 fully saturated rings. The maximum Gasteiger partial charge on any atom is 0.176 e. The second-order valence-corrected chi connectivity index (χ2v) is 2.32. The molecule has 0 aliphatic heterocycles. The van der Waals surface area contributed by atoms with Crippen LogP contribution in [-0.4, -0.2) is 20.2 Å². The van der Waals surface area contributed by atoms with E-state index >= 15 is 0 Å². The Morgan fingerprint density at radius 2 is 2.36 bits per heavy atom. The Morgan fingerprint density at radius 1 is 1.55 bits per heavy atom. The van der Waals surface area contributed by atoms with Gasteiger partial charge in [0.25, 0.3) is 0 Å². The largest absolute Gasteiger partial charge is 0.380 e. The van der Waals surface area contributed by atoms with Crippen molar-refractivity contribution in [1.82, 2.24) is 20.2 Å². The fourth-order valence-electron chi connectivity index (χ4n) is 0.904. The molecule has 0 bridgehead atoms. The van der Waals surface area contributed by atoms with E-state index in [1.54, 1.807) is 6.20 Å². The second-order valence-electron chi connectivity index (χ2n) is 2.32. The van der Waals surface area contributed by atoms with Gasteiger partial charge in [-0.25, -0.2) is 9.97 Å². The number of H-pyrrole nitrogens is 1. The van der Waals surface area contributed by atoms with Crippen molar-refractivity contribution in [2.45, 2.75) is 6.92 Å². The first-order valence-electron chi connectivity index (χ1n) is 3.20. The molecule has 5 heteroatoms. The first-order chi connectivity index (χ1) is 5.27. The molecule has 2 aromatic heterocycles. The van der Waals surface area contributed by atoms with Crippen LogP contribution in [0.5, 0.6) is 0 Å². The SMILES string of the molecule is Cc1cnc2[nH]nc(N)c2n1. The quantitative estimate of drug-likeness (QED) is 0.562. The van der Waals surface area contributed by atoms with Crippen molar-refractivity contribution in [3.8, 4) is 0 Å². The van der Waals surface area contributed by atoms with Crippen molar-refractivity contribution < 1.29 is 0 Å². The highest BCUT2D eigenvalue weighted by atomic mass is 15.2. The Bertz CT molecular complexity index is 391. The first kappa shape index (κ1) is 6.09. The summed E-state index contributed by atoms with van der Waals surface area (Å²) in [6.45, 7) is 1.86. The number of aryl methyl sites for hydroxylation is 1. The molecule has 0 spiro atoms. The molecular weight excluding hydrogens is 142 g/mol. The number of nitrogens with zero attached hydrogens (tertiary/aromatic N) is 3. The summed E-state index contributed by atoms with van der Waals surface area (Å²) in [5.74, 6) is 0.399. The van der Waals surface area contributed by atoms with Crippen LogP contribution in [0, 0.1) is 6.92 Å². The van der Waals surface area contributed by atoms with Crippen molar-refractivity contribution in [3.63, 3.8) is 0 Å². The Labute approximate surface area is 62.7 Å². The number of anilines is 1. The molecule has 0 saturated heterocycles. The van der Waals surface area contributed by atoms with E-state index in [4.69, 9.17) is 5.73 Å². The summed E-state index contributed by atoms with van der Waals surface area (Å²) in [4.78, 5) is 8.19. The predicted octanol–water partition coefficient (Wildman–Crippen LogP) is 0.244. The molecule has 0 aliphatic carbocycles. The van der Waals surface area contributed by atoms with E-state index < -0.39 is 0 Å². The monoisotopic (exact) mass is 149 g/mol. The van der Waals surface area contributed by atoms with Gasteiger partial charge in [0.15, 0.2) is 17.0 Å². The summed E-state index contributed by atoms with van der Waals surface area (Å²) in [5.41, 5.74) is 7.61. The maximum atomic E-state index is 5.50. The molecule has 5 nitrogen and oxygen atoms in total. The highest BCUT2D eigenvalue weighted by Crippen LogP contribution is 2.11. The molecule has 0 atom stereocenters. The van der Waals surface area contributed by atoms with Crippen molar-refractivity contribution in [2.75, 3.05) is 5.73 Å². The molecule has 0 amide bonds. The van der Waals surface area contributed by atoms with E-state index in [2.05, 4.69) is 20.2 Å². The molecule has 2 rings (SSSR count). The van der Waals surface area contributed by atoms with Crippen LogP contribution in [0.3, 0.4) is 0 Å². The van der Waals surface area contributed by atoms with E-state index in [1.807, 2.05) is 6.92 Å². The highest BCUT2D eigenvalue weighted by Gasteiger charge is 2.02. The van der Waals surface area contributed by atoms with Gasteiger partial charge in [-0.15, -0.1) is 0 Å². The topological polar surface area (TPSA) is 80.5 Å². The van der Waals surface area contributed by atoms with E-state index in [9.17, 15) is 0 Å². The molecule has 56 valence electrons. The van der Waals surface area contributed by atoms with Crippen LogP contribution in [0.4, 0.5) is 5.82 Å². The van der Waals surface area contributed by atoms with Crippen molar-refractivity contribution in [3.05, 3.63) is 11.9 Å². The zero-order chi connectivity index (χ0) is 7.84. The van der Waals surface area contributed by atoms with Gasteiger partial charge >= 0.3 is 0 Å². The lowest BCUT2D eigenvalue weighted by atomic mass is 10.4. The molecule has 0 unspecified atom stereocenters. The summed E-state index contributed by atoms with van der Waals surface area (Å²) in [5, 5.41) is 6.43. The number of rotatable bonds is 0. The van der Waals surface area contributed by atoms with Crippen LogP contribution in [0.2, 0.25) is 0 Å². The van der Waals surface area contributed by atoms with Gasteiger partial charge in [-0.2, -0.15) is 5.10 Å². The van der Waals surface area contributed by atoms with E-state index in [-0.39, 0.29) is 0 Å². The highest BCUT2D eigenvalue weighted by molar-refractivity contribution is 5.80. The zero-order valence-corrected chi connectivity index (χ0v) is 6.00. The van der Waals surface area contributed by atoms with Crippen LogP contribution in [-0.2, 0) is 0 Å². The first-order valence-corrected chi connectivity index (χ1v) is 3.20. The van der Waals surface area contributed by atoms with E-state index in [1.165, 1.54) is 0 Å². The number of hydrogen-bond acceptors (Lipinski definition) is 4. The number of hydrogen-bond donors (Lipinski definition) is 2. The van der Waals surface area contributed by atoms with Gasteiger partial charge in [0.1, 0.15) is 0 Å². The Morgan fingerprint density at radius 3 is 3.18 bits per heavy atom. The minimum Gasteiger partial charge on any atom is -0.380 e. The number of nitrogen functional groups attached to an aromatic ring is 1. The number of aromatic nitrogens is 4. The van der Waals surface area contributed by atoms with Gasteiger partial charge in [-0.3, -0.25) is 5.10 Å². The standard InChI is InChI=1S/C6H7N5/c1-3-2-8-6-4(9-3)5(7)10-11-6/h2H,1H3,(H3,7,8,10,11). The van der Waals surface area contributed by atoms with Crippen molar-refractivity contribution in [1.29, 1.82) is 0 Å². The van der Waals surface area contributed by atoms with Gasteiger partial charge in [-0.05, 0) is 6.92 Å². The van der Waals surface area contributed by atoms with Crippen LogP contribution in [0.15, 0.2) is 6.20 Å². The fourth-order valence-corrected chi connectivity index (χ4v) is 0.904. The summed E-state index contributed by atoms with van der Waals surface area (Å²) >= 11 is 0. The maximum absolute atomic E-state index is 5.50. The summed E-state index contributed by atoms with van der Waals surface area (Å²) in [6, 6.07) is 0. The molecular formula is C6H7N5. The van der Waals surface area contributed by atoms with Crippen molar-refractivity contribution in [2.24, 2.45) is 0 Å². The summed E-state index contributed by atoms with van der Waals surface area (Å²) < 4.78 is 0. The van der Waals surface area contributed by atoms with Crippen LogP contribution in [0.1, 0.15) is 5.69 Å². The second kappa shape index (κ2) is 1.91. The van der Waals surface area contributed by atoms with E-state index in [0.29, 0.717) is 17.0 Å². The van der Waals surface area contributed by atoms with Gasteiger partial charge in [0.05, 0.1) is 11.9 Å². The van der Waals surface area contributed by atoms with Crippen LogP contribution in [0.25, 0.3) is 11.2 Å². The summed E-state index contributed by atoms with van der Waals surface area (Å²) in [6.07, 6.45) is 1.67. The van der Waals surface area contributed by atoms with Gasteiger partial charge in [0.2, 0.25) is 0 Å². The molecule has 0 aliphatic rings. The number of fused-ring (bicyclic) bond motifs is 1. The number of aromatic amines is 1. The van der Waals surface area contributed by atoms with Gasteiger partial charge in [0, 0.05) is 0 Å². The molecule has 0 aromatic carbocycles. The minimum atomic E-state index is 0.399.